The van der Waals surface area contributed by atoms with E-state index in [9.17, 15) is 14.7 Å². The molecule has 0 bridgehead atoms. The number of rotatable bonds is 6. The van der Waals surface area contributed by atoms with Gasteiger partial charge in [-0.25, -0.2) is 4.79 Å². The molecule has 2 aromatic rings. The van der Waals surface area contributed by atoms with Gasteiger partial charge in [-0.15, -0.1) is 0 Å². The molecule has 1 amide bonds. The Morgan fingerprint density at radius 3 is 2.40 bits per heavy atom. The Bertz CT molecular complexity index is 725. The van der Waals surface area contributed by atoms with Crippen LogP contribution >= 0.6 is 0 Å². The first-order valence-corrected chi connectivity index (χ1v) is 8.26. The number of hydrogen-bond donors (Lipinski definition) is 2. The van der Waals surface area contributed by atoms with Gasteiger partial charge in [-0.3, -0.25) is 4.79 Å². The largest absolute Gasteiger partial charge is 0.497 e. The maximum Gasteiger partial charge on any atom is 0.336 e. The number of amides is 1. The van der Waals surface area contributed by atoms with Crippen LogP contribution in [0.1, 0.15) is 42.3 Å². The minimum absolute atomic E-state index is 0.120. The second-order valence-electron chi connectivity index (χ2n) is 5.21. The summed E-state index contributed by atoms with van der Waals surface area (Å²) in [7, 11) is 1.51. The molecule has 0 unspecified atom stereocenters. The van der Waals surface area contributed by atoms with E-state index in [1.807, 2.05) is 38.1 Å². The van der Waals surface area contributed by atoms with Crippen LogP contribution in [-0.2, 0) is 17.6 Å². The Morgan fingerprint density at radius 1 is 1.08 bits per heavy atom. The molecule has 0 saturated carbocycles. The predicted molar refractivity (Wildman–Crippen MR) is 99.5 cm³/mol. The summed E-state index contributed by atoms with van der Waals surface area (Å²) in [6.07, 6.45) is 1.27. The highest BCUT2D eigenvalue weighted by Crippen LogP contribution is 2.20. The van der Waals surface area contributed by atoms with Crippen molar-refractivity contribution < 1.29 is 19.4 Å². The third-order valence-electron chi connectivity index (χ3n) is 3.48. The summed E-state index contributed by atoms with van der Waals surface area (Å²) in [5.74, 6) is -0.560. The fraction of sp³-hybridized carbons (Fsp3) is 0.300. The molecular formula is C20H25NO4. The number of benzene rings is 2. The highest BCUT2D eigenvalue weighted by molar-refractivity contribution is 5.90. The summed E-state index contributed by atoms with van der Waals surface area (Å²) >= 11 is 0. The number of aryl methyl sites for hydroxylation is 2. The van der Waals surface area contributed by atoms with Gasteiger partial charge in [0, 0.05) is 12.6 Å². The van der Waals surface area contributed by atoms with Gasteiger partial charge in [-0.1, -0.05) is 32.0 Å². The number of carbonyl (C=O) groups is 2. The highest BCUT2D eigenvalue weighted by Gasteiger charge is 2.11. The van der Waals surface area contributed by atoms with Gasteiger partial charge in [0.1, 0.15) is 5.75 Å². The Kier molecular flexibility index (Phi) is 8.19. The van der Waals surface area contributed by atoms with Crippen molar-refractivity contribution >= 4 is 17.6 Å². The van der Waals surface area contributed by atoms with Gasteiger partial charge >= 0.3 is 5.97 Å². The van der Waals surface area contributed by atoms with Crippen molar-refractivity contribution in [2.24, 2.45) is 0 Å². The number of hydrogen-bond acceptors (Lipinski definition) is 3. The summed E-state index contributed by atoms with van der Waals surface area (Å²) in [4.78, 5) is 22.5. The SMILES string of the molecule is CC.COc1ccc(CCc2cccc(NC(C)=O)c2)c(C(=O)O)c1. The van der Waals surface area contributed by atoms with Crippen LogP contribution in [0.25, 0.3) is 0 Å². The van der Waals surface area contributed by atoms with E-state index in [-0.39, 0.29) is 11.5 Å². The molecule has 0 spiro atoms. The number of nitrogens with one attached hydrogen (secondary N) is 1. The molecule has 25 heavy (non-hydrogen) atoms. The van der Waals surface area contributed by atoms with Crippen molar-refractivity contribution in [3.8, 4) is 5.75 Å². The number of anilines is 1. The van der Waals surface area contributed by atoms with Crippen molar-refractivity contribution in [1.29, 1.82) is 0 Å². The van der Waals surface area contributed by atoms with Crippen LogP contribution in [0.3, 0.4) is 0 Å². The van der Waals surface area contributed by atoms with Crippen LogP contribution in [0.2, 0.25) is 0 Å². The van der Waals surface area contributed by atoms with E-state index in [0.717, 1.165) is 16.8 Å². The predicted octanol–water partition coefficient (Wildman–Crippen LogP) is 4.16. The summed E-state index contributed by atoms with van der Waals surface area (Å²) in [5, 5.41) is 12.1. The van der Waals surface area contributed by atoms with Crippen LogP contribution < -0.4 is 10.1 Å². The molecular weight excluding hydrogens is 318 g/mol. The van der Waals surface area contributed by atoms with E-state index in [1.54, 1.807) is 12.1 Å². The zero-order valence-electron chi connectivity index (χ0n) is 15.1. The number of methoxy groups -OCH3 is 1. The molecule has 0 aliphatic carbocycles. The van der Waals surface area contributed by atoms with E-state index in [1.165, 1.54) is 20.1 Å². The van der Waals surface area contributed by atoms with Crippen molar-refractivity contribution in [1.82, 2.24) is 0 Å². The summed E-state index contributed by atoms with van der Waals surface area (Å²) < 4.78 is 5.07. The van der Waals surface area contributed by atoms with Crippen LogP contribution in [0.4, 0.5) is 5.69 Å². The van der Waals surface area contributed by atoms with Crippen LogP contribution in [0, 0.1) is 0 Å². The second-order valence-corrected chi connectivity index (χ2v) is 5.21. The highest BCUT2D eigenvalue weighted by atomic mass is 16.5. The van der Waals surface area contributed by atoms with E-state index in [4.69, 9.17) is 4.74 Å². The minimum atomic E-state index is -0.967. The van der Waals surface area contributed by atoms with Crippen molar-refractivity contribution in [2.75, 3.05) is 12.4 Å². The topological polar surface area (TPSA) is 75.6 Å². The maximum absolute atomic E-state index is 11.4. The molecule has 2 aromatic carbocycles. The number of aromatic carboxylic acids is 1. The van der Waals surface area contributed by atoms with Gasteiger partial charge in [0.25, 0.3) is 0 Å². The molecule has 0 aliphatic rings. The Balaban J connectivity index is 0.00000151. The monoisotopic (exact) mass is 343 g/mol. The molecule has 0 heterocycles. The normalized spacial score (nSPS) is 9.60. The average molecular weight is 343 g/mol. The van der Waals surface area contributed by atoms with Crippen molar-refractivity contribution in [3.05, 3.63) is 59.2 Å². The number of ether oxygens (including phenoxy) is 1. The van der Waals surface area contributed by atoms with Gasteiger partial charge in [-0.05, 0) is 48.2 Å². The smallest absolute Gasteiger partial charge is 0.336 e. The lowest BCUT2D eigenvalue weighted by Crippen LogP contribution is -2.06. The summed E-state index contributed by atoms with van der Waals surface area (Å²) in [6, 6.07) is 12.6. The molecule has 0 aromatic heterocycles. The van der Waals surface area contributed by atoms with Gasteiger partial charge in [0.15, 0.2) is 0 Å². The first-order chi connectivity index (χ1) is 12.0. The Labute approximate surface area is 148 Å². The molecule has 2 rings (SSSR count). The van der Waals surface area contributed by atoms with E-state index in [2.05, 4.69) is 5.32 Å². The van der Waals surface area contributed by atoms with Gasteiger partial charge in [0.2, 0.25) is 5.91 Å². The minimum Gasteiger partial charge on any atom is -0.497 e. The lowest BCUT2D eigenvalue weighted by Gasteiger charge is -2.09. The molecule has 0 saturated heterocycles. The third-order valence-corrected chi connectivity index (χ3v) is 3.48. The Hall–Kier alpha value is -2.82. The molecule has 0 aliphatic heterocycles. The summed E-state index contributed by atoms with van der Waals surface area (Å²) in [6.45, 7) is 5.46. The number of carbonyl (C=O) groups excluding carboxylic acids is 1. The molecule has 0 atom stereocenters. The van der Waals surface area contributed by atoms with E-state index in [0.29, 0.717) is 18.6 Å². The molecule has 2 N–H and O–H groups in total. The van der Waals surface area contributed by atoms with Gasteiger partial charge < -0.3 is 15.2 Å². The van der Waals surface area contributed by atoms with Gasteiger partial charge in [-0.2, -0.15) is 0 Å². The lowest BCUT2D eigenvalue weighted by atomic mass is 9.99. The second kappa shape index (κ2) is 10.1. The molecule has 0 fully saturated rings. The fourth-order valence-electron chi connectivity index (χ4n) is 2.39. The zero-order valence-corrected chi connectivity index (χ0v) is 15.1. The van der Waals surface area contributed by atoms with E-state index < -0.39 is 5.97 Å². The van der Waals surface area contributed by atoms with Crippen LogP contribution in [0.15, 0.2) is 42.5 Å². The lowest BCUT2D eigenvalue weighted by molar-refractivity contribution is -0.114. The van der Waals surface area contributed by atoms with E-state index >= 15 is 0 Å². The Morgan fingerprint density at radius 2 is 1.80 bits per heavy atom. The zero-order chi connectivity index (χ0) is 18.8. The third kappa shape index (κ3) is 6.30. The standard InChI is InChI=1S/C18H19NO4.C2H6/c1-12(20)19-15-5-3-4-13(10-15)6-7-14-8-9-16(23-2)11-17(14)18(21)22;1-2/h3-5,8-11H,6-7H2,1-2H3,(H,19,20)(H,21,22);1-2H3. The first kappa shape index (κ1) is 20.2. The van der Waals surface area contributed by atoms with Crippen molar-refractivity contribution in [2.45, 2.75) is 33.6 Å². The maximum atomic E-state index is 11.4. The number of carboxylic acids is 1. The van der Waals surface area contributed by atoms with Crippen LogP contribution in [0.5, 0.6) is 5.75 Å². The molecule has 0 radical (unpaired) electrons. The molecule has 5 heteroatoms. The van der Waals surface area contributed by atoms with Crippen LogP contribution in [-0.4, -0.2) is 24.1 Å². The quantitative estimate of drug-likeness (QED) is 0.825. The summed E-state index contributed by atoms with van der Waals surface area (Å²) in [5.41, 5.74) is 2.78. The average Bonchev–Trinajstić information content (AvgIpc) is 2.61. The van der Waals surface area contributed by atoms with Gasteiger partial charge in [0.05, 0.1) is 12.7 Å². The fourth-order valence-corrected chi connectivity index (χ4v) is 2.39. The number of carboxylic acid groups (broad SMARTS) is 1. The molecule has 134 valence electrons. The van der Waals surface area contributed by atoms with Crippen molar-refractivity contribution in [3.63, 3.8) is 0 Å². The molecule has 5 nitrogen and oxygen atoms in total. The first-order valence-electron chi connectivity index (χ1n) is 8.26.